The Bertz CT molecular complexity index is 1160. The van der Waals surface area contributed by atoms with Crippen LogP contribution in [0.5, 0.6) is 0 Å². The number of nitrogens with one attached hydrogen (secondary N) is 1. The van der Waals surface area contributed by atoms with Crippen molar-refractivity contribution < 1.29 is 21.6 Å². The number of rotatable bonds is 7. The fourth-order valence-corrected chi connectivity index (χ4v) is 6.25. The van der Waals surface area contributed by atoms with Gasteiger partial charge in [0.15, 0.2) is 9.84 Å². The third kappa shape index (κ3) is 4.91. The number of aryl methyl sites for hydroxylation is 1. The molecule has 2 aromatic rings. The molecule has 1 saturated heterocycles. The number of carbonyl (C=O) groups excluding carboxylic acids is 1. The first-order valence-electron chi connectivity index (χ1n) is 9.44. The van der Waals surface area contributed by atoms with Gasteiger partial charge >= 0.3 is 0 Å². The lowest BCUT2D eigenvalue weighted by Crippen LogP contribution is -2.41. The standard InChI is InChI=1S/C21H24N2O5S2/c1-3-13-23(18-12-14-29(25,26)15-18)21(24)17-8-10-19(11-9-17)30(27,28)22-20-7-5-4-6-16(20)2/h3-11,18,22H,1,12-15H2,2H3. The van der Waals surface area contributed by atoms with E-state index in [9.17, 15) is 21.6 Å². The monoisotopic (exact) mass is 448 g/mol. The van der Waals surface area contributed by atoms with Crippen LogP contribution in [0, 0.1) is 6.92 Å². The van der Waals surface area contributed by atoms with Crippen molar-refractivity contribution in [2.75, 3.05) is 22.8 Å². The minimum Gasteiger partial charge on any atom is -0.331 e. The zero-order chi connectivity index (χ0) is 21.9. The molecule has 0 saturated carbocycles. The average molecular weight is 449 g/mol. The van der Waals surface area contributed by atoms with Gasteiger partial charge in [0.05, 0.1) is 22.1 Å². The number of hydrogen-bond donors (Lipinski definition) is 1. The molecular formula is C21H24N2O5S2. The van der Waals surface area contributed by atoms with Gasteiger partial charge in [-0.25, -0.2) is 16.8 Å². The molecule has 160 valence electrons. The summed E-state index contributed by atoms with van der Waals surface area (Å²) in [6.07, 6.45) is 1.93. The molecule has 1 aliphatic rings. The largest absolute Gasteiger partial charge is 0.331 e. The van der Waals surface area contributed by atoms with E-state index in [4.69, 9.17) is 0 Å². The summed E-state index contributed by atoms with van der Waals surface area (Å²) in [5.41, 5.74) is 1.56. The smallest absolute Gasteiger partial charge is 0.261 e. The number of carbonyl (C=O) groups is 1. The number of para-hydroxylation sites is 1. The molecule has 7 nitrogen and oxygen atoms in total. The van der Waals surface area contributed by atoms with Gasteiger partial charge in [0.2, 0.25) is 0 Å². The van der Waals surface area contributed by atoms with E-state index in [-0.39, 0.29) is 34.4 Å². The van der Waals surface area contributed by atoms with Crippen molar-refractivity contribution in [3.63, 3.8) is 0 Å². The number of anilines is 1. The van der Waals surface area contributed by atoms with E-state index >= 15 is 0 Å². The topological polar surface area (TPSA) is 101 Å². The summed E-state index contributed by atoms with van der Waals surface area (Å²) < 4.78 is 51.5. The lowest BCUT2D eigenvalue weighted by atomic mass is 10.1. The predicted molar refractivity (Wildman–Crippen MR) is 117 cm³/mol. The molecule has 1 amide bonds. The highest BCUT2D eigenvalue weighted by atomic mass is 32.2. The Hall–Kier alpha value is -2.65. The second kappa shape index (κ2) is 8.61. The molecule has 0 spiro atoms. The van der Waals surface area contributed by atoms with Crippen LogP contribution < -0.4 is 4.72 Å². The van der Waals surface area contributed by atoms with Crippen molar-refractivity contribution in [1.29, 1.82) is 0 Å². The number of hydrogen-bond acceptors (Lipinski definition) is 5. The molecule has 1 heterocycles. The van der Waals surface area contributed by atoms with Crippen molar-refractivity contribution in [2.45, 2.75) is 24.3 Å². The van der Waals surface area contributed by atoms with Gasteiger partial charge in [0.25, 0.3) is 15.9 Å². The highest BCUT2D eigenvalue weighted by Gasteiger charge is 2.34. The third-order valence-corrected chi connectivity index (χ3v) is 8.17. The number of amides is 1. The van der Waals surface area contributed by atoms with E-state index in [0.29, 0.717) is 12.1 Å². The Kier molecular flexibility index (Phi) is 6.33. The molecule has 2 aromatic carbocycles. The SMILES string of the molecule is C=CCN(C(=O)c1ccc(S(=O)(=O)Nc2ccccc2C)cc1)C1CCS(=O)(=O)C1. The number of benzene rings is 2. The first-order valence-corrected chi connectivity index (χ1v) is 12.7. The first-order chi connectivity index (χ1) is 14.1. The summed E-state index contributed by atoms with van der Waals surface area (Å²) >= 11 is 0. The van der Waals surface area contributed by atoms with E-state index < -0.39 is 25.9 Å². The van der Waals surface area contributed by atoms with E-state index in [2.05, 4.69) is 11.3 Å². The lowest BCUT2D eigenvalue weighted by molar-refractivity contribution is 0.0720. The first kappa shape index (κ1) is 22.0. The van der Waals surface area contributed by atoms with Gasteiger partial charge in [-0.2, -0.15) is 0 Å². The van der Waals surface area contributed by atoms with Gasteiger partial charge in [-0.3, -0.25) is 9.52 Å². The fourth-order valence-electron chi connectivity index (χ4n) is 3.39. The maximum Gasteiger partial charge on any atom is 0.261 e. The third-order valence-electron chi connectivity index (χ3n) is 5.04. The summed E-state index contributed by atoms with van der Waals surface area (Å²) in [5, 5.41) is 0. The van der Waals surface area contributed by atoms with Gasteiger partial charge in [0, 0.05) is 18.2 Å². The van der Waals surface area contributed by atoms with Crippen LogP contribution in [0.25, 0.3) is 0 Å². The molecule has 1 unspecified atom stereocenters. The van der Waals surface area contributed by atoms with Gasteiger partial charge in [0.1, 0.15) is 0 Å². The van der Waals surface area contributed by atoms with E-state index in [0.717, 1.165) is 5.56 Å². The summed E-state index contributed by atoms with van der Waals surface area (Å²) in [5.74, 6) is -0.368. The minimum absolute atomic E-state index is 0.0287. The highest BCUT2D eigenvalue weighted by molar-refractivity contribution is 7.92. The van der Waals surface area contributed by atoms with Gasteiger partial charge in [-0.05, 0) is 49.2 Å². The molecular weight excluding hydrogens is 424 g/mol. The van der Waals surface area contributed by atoms with E-state index in [1.165, 1.54) is 29.2 Å². The normalized spacial score (nSPS) is 18.0. The molecule has 9 heteroatoms. The van der Waals surface area contributed by atoms with Crippen molar-refractivity contribution in [2.24, 2.45) is 0 Å². The van der Waals surface area contributed by atoms with Crippen molar-refractivity contribution in [3.05, 3.63) is 72.3 Å². The molecule has 1 N–H and O–H groups in total. The average Bonchev–Trinajstić information content (AvgIpc) is 3.07. The molecule has 30 heavy (non-hydrogen) atoms. The number of sulfonamides is 1. The highest BCUT2D eigenvalue weighted by Crippen LogP contribution is 2.22. The van der Waals surface area contributed by atoms with Crippen LogP contribution in [0.2, 0.25) is 0 Å². The maximum absolute atomic E-state index is 12.9. The van der Waals surface area contributed by atoms with Crippen LogP contribution >= 0.6 is 0 Å². The van der Waals surface area contributed by atoms with Crippen LogP contribution in [-0.4, -0.2) is 51.7 Å². The van der Waals surface area contributed by atoms with Crippen molar-refractivity contribution >= 4 is 31.5 Å². The van der Waals surface area contributed by atoms with Gasteiger partial charge < -0.3 is 4.90 Å². The lowest BCUT2D eigenvalue weighted by Gasteiger charge is -2.27. The molecule has 1 aliphatic heterocycles. The Morgan fingerprint density at radius 3 is 2.43 bits per heavy atom. The Morgan fingerprint density at radius 2 is 1.87 bits per heavy atom. The Balaban J connectivity index is 1.80. The van der Waals surface area contributed by atoms with Crippen LogP contribution in [0.3, 0.4) is 0 Å². The van der Waals surface area contributed by atoms with Crippen molar-refractivity contribution in [3.8, 4) is 0 Å². The molecule has 3 rings (SSSR count). The van der Waals surface area contributed by atoms with Crippen LogP contribution in [-0.2, 0) is 19.9 Å². The van der Waals surface area contributed by atoms with Crippen LogP contribution in [0.4, 0.5) is 5.69 Å². The molecule has 1 fully saturated rings. The Morgan fingerprint density at radius 1 is 1.20 bits per heavy atom. The summed E-state index contributed by atoms with van der Waals surface area (Å²) in [6, 6.07) is 12.2. The second-order valence-corrected chi connectivity index (χ2v) is 11.2. The summed E-state index contributed by atoms with van der Waals surface area (Å²) in [4.78, 5) is 14.5. The van der Waals surface area contributed by atoms with E-state index in [1.54, 1.807) is 31.2 Å². The zero-order valence-electron chi connectivity index (χ0n) is 16.6. The minimum atomic E-state index is -3.81. The maximum atomic E-state index is 12.9. The fraction of sp³-hybridized carbons (Fsp3) is 0.286. The zero-order valence-corrected chi connectivity index (χ0v) is 18.2. The molecule has 0 bridgehead atoms. The second-order valence-electron chi connectivity index (χ2n) is 7.25. The molecule has 1 atom stereocenters. The van der Waals surface area contributed by atoms with Gasteiger partial charge in [-0.1, -0.05) is 24.3 Å². The molecule has 0 aromatic heterocycles. The predicted octanol–water partition coefficient (Wildman–Crippen LogP) is 2.61. The molecule has 0 aliphatic carbocycles. The van der Waals surface area contributed by atoms with Crippen LogP contribution in [0.1, 0.15) is 22.3 Å². The quantitative estimate of drug-likeness (QED) is 0.656. The summed E-state index contributed by atoms with van der Waals surface area (Å²) in [7, 11) is -6.96. The Labute approximate surface area is 177 Å². The van der Waals surface area contributed by atoms with Crippen LogP contribution in [0.15, 0.2) is 66.1 Å². The number of nitrogens with zero attached hydrogens (tertiary/aromatic N) is 1. The molecule has 0 radical (unpaired) electrons. The summed E-state index contributed by atoms with van der Waals surface area (Å²) in [6.45, 7) is 5.67. The van der Waals surface area contributed by atoms with E-state index in [1.807, 2.05) is 6.07 Å². The van der Waals surface area contributed by atoms with Gasteiger partial charge in [-0.15, -0.1) is 6.58 Å². The van der Waals surface area contributed by atoms with Crippen molar-refractivity contribution in [1.82, 2.24) is 4.90 Å². The number of sulfone groups is 1.